The lowest BCUT2D eigenvalue weighted by Gasteiger charge is -2.12. The highest BCUT2D eigenvalue weighted by molar-refractivity contribution is 5.79. The number of hydrogen-bond donors (Lipinski definition) is 0. The Morgan fingerprint density at radius 2 is 2.54 bits per heavy atom. The molecule has 0 unspecified atom stereocenters. The van der Waals surface area contributed by atoms with E-state index in [1.54, 1.807) is 7.11 Å². The summed E-state index contributed by atoms with van der Waals surface area (Å²) in [7, 11) is 1.69. The Morgan fingerprint density at radius 3 is 3.23 bits per heavy atom. The van der Waals surface area contributed by atoms with Gasteiger partial charge in [-0.2, -0.15) is 0 Å². The highest BCUT2D eigenvalue weighted by Gasteiger charge is 2.36. The summed E-state index contributed by atoms with van der Waals surface area (Å²) in [6.45, 7) is 1.51. The maximum absolute atomic E-state index is 11.3. The monoisotopic (exact) mass is 181 g/mol. The molecule has 0 aromatic carbocycles. The fraction of sp³-hybridized carbons (Fsp3) is 0.700. The van der Waals surface area contributed by atoms with Crippen LogP contribution in [0.2, 0.25) is 0 Å². The fourth-order valence-corrected chi connectivity index (χ4v) is 2.16. The summed E-state index contributed by atoms with van der Waals surface area (Å²) in [5.74, 6) is 0.325. The largest absolute Gasteiger partial charge is 0.381 e. The highest BCUT2D eigenvalue weighted by atomic mass is 16.5. The molecule has 72 valence electrons. The first kappa shape index (κ1) is 8.75. The third-order valence-electron chi connectivity index (χ3n) is 2.86. The number of methoxy groups -OCH3 is 1. The van der Waals surface area contributed by atoms with Crippen molar-refractivity contribution in [3.63, 3.8) is 0 Å². The third-order valence-corrected chi connectivity index (χ3v) is 2.86. The average molecular weight is 181 g/mol. The van der Waals surface area contributed by atoms with Crippen LogP contribution in [0.3, 0.4) is 0 Å². The minimum atomic E-state index is 0.325. The molecule has 2 rings (SSSR count). The smallest absolute Gasteiger partial charge is 0.223 e. The Morgan fingerprint density at radius 1 is 1.69 bits per heavy atom. The standard InChI is InChI=1S/C10H15NO2/c1-13-5-4-8-6-9-2-3-10(12)11(9)7-8/h4,9H,2-3,5-7H2,1H3/t9-/m0/s1. The van der Waals surface area contributed by atoms with Crippen molar-refractivity contribution in [3.05, 3.63) is 11.6 Å². The number of carbonyl (C=O) groups is 1. The second-order valence-corrected chi connectivity index (χ2v) is 3.74. The van der Waals surface area contributed by atoms with Crippen LogP contribution < -0.4 is 0 Å². The van der Waals surface area contributed by atoms with Gasteiger partial charge in [0.2, 0.25) is 5.91 Å². The molecule has 13 heavy (non-hydrogen) atoms. The molecule has 0 N–H and O–H groups in total. The third kappa shape index (κ3) is 1.61. The predicted octanol–water partition coefficient (Wildman–Crippen LogP) is 0.954. The minimum absolute atomic E-state index is 0.325. The Bertz CT molecular complexity index is 247. The average Bonchev–Trinajstić information content (AvgIpc) is 2.65. The molecule has 0 aromatic rings. The fourth-order valence-electron chi connectivity index (χ4n) is 2.16. The van der Waals surface area contributed by atoms with E-state index in [0.29, 0.717) is 18.6 Å². The quantitative estimate of drug-likeness (QED) is 0.594. The van der Waals surface area contributed by atoms with Crippen molar-refractivity contribution in [2.24, 2.45) is 0 Å². The lowest BCUT2D eigenvalue weighted by atomic mass is 10.1. The van der Waals surface area contributed by atoms with Crippen molar-refractivity contribution in [3.8, 4) is 0 Å². The van der Waals surface area contributed by atoms with E-state index in [0.717, 1.165) is 25.8 Å². The molecule has 0 spiro atoms. The molecule has 3 heteroatoms. The van der Waals surface area contributed by atoms with Crippen LogP contribution in [-0.4, -0.2) is 37.1 Å². The van der Waals surface area contributed by atoms with Gasteiger partial charge in [0.05, 0.1) is 6.61 Å². The second kappa shape index (κ2) is 3.50. The number of rotatable bonds is 2. The van der Waals surface area contributed by atoms with Gasteiger partial charge in [-0.1, -0.05) is 11.6 Å². The van der Waals surface area contributed by atoms with Crippen LogP contribution in [0.5, 0.6) is 0 Å². The number of carbonyl (C=O) groups excluding carboxylic acids is 1. The second-order valence-electron chi connectivity index (χ2n) is 3.74. The Balaban J connectivity index is 1.98. The van der Waals surface area contributed by atoms with E-state index < -0.39 is 0 Å². The van der Waals surface area contributed by atoms with Gasteiger partial charge in [-0.05, 0) is 12.8 Å². The first-order chi connectivity index (χ1) is 6.31. The van der Waals surface area contributed by atoms with Gasteiger partial charge in [0, 0.05) is 26.1 Å². The summed E-state index contributed by atoms with van der Waals surface area (Å²) in [5.41, 5.74) is 1.36. The number of hydrogen-bond acceptors (Lipinski definition) is 2. The lowest BCUT2D eigenvalue weighted by molar-refractivity contribution is -0.127. The maximum atomic E-state index is 11.3. The van der Waals surface area contributed by atoms with E-state index in [9.17, 15) is 4.79 Å². The van der Waals surface area contributed by atoms with E-state index in [-0.39, 0.29) is 0 Å². The first-order valence-corrected chi connectivity index (χ1v) is 4.77. The molecular formula is C10H15NO2. The summed E-state index contributed by atoms with van der Waals surface area (Å²) in [5, 5.41) is 0. The van der Waals surface area contributed by atoms with Gasteiger partial charge in [0.15, 0.2) is 0 Å². The van der Waals surface area contributed by atoms with Crippen molar-refractivity contribution in [2.45, 2.75) is 25.3 Å². The molecule has 0 aromatic heterocycles. The van der Waals surface area contributed by atoms with Gasteiger partial charge in [-0.15, -0.1) is 0 Å². The molecule has 0 saturated carbocycles. The zero-order valence-electron chi connectivity index (χ0n) is 7.95. The molecule has 2 aliphatic rings. The summed E-state index contributed by atoms with van der Waals surface area (Å²) in [6.07, 6.45) is 4.96. The molecule has 0 bridgehead atoms. The van der Waals surface area contributed by atoms with E-state index in [4.69, 9.17) is 4.74 Å². The van der Waals surface area contributed by atoms with Crippen molar-refractivity contribution in [1.29, 1.82) is 0 Å². The summed E-state index contributed by atoms with van der Waals surface area (Å²) >= 11 is 0. The maximum Gasteiger partial charge on any atom is 0.223 e. The normalized spacial score (nSPS) is 30.2. The molecule has 2 saturated heterocycles. The van der Waals surface area contributed by atoms with Crippen LogP contribution in [0.25, 0.3) is 0 Å². The van der Waals surface area contributed by atoms with E-state index in [2.05, 4.69) is 6.08 Å². The minimum Gasteiger partial charge on any atom is -0.381 e. The number of ether oxygens (including phenoxy) is 1. The van der Waals surface area contributed by atoms with Gasteiger partial charge in [0.1, 0.15) is 0 Å². The van der Waals surface area contributed by atoms with E-state index in [1.807, 2.05) is 4.90 Å². The molecule has 1 amide bonds. The summed E-state index contributed by atoms with van der Waals surface area (Å²) < 4.78 is 4.97. The van der Waals surface area contributed by atoms with E-state index in [1.165, 1.54) is 5.57 Å². The van der Waals surface area contributed by atoms with Crippen molar-refractivity contribution in [1.82, 2.24) is 4.90 Å². The molecule has 2 aliphatic heterocycles. The van der Waals surface area contributed by atoms with Gasteiger partial charge in [0.25, 0.3) is 0 Å². The van der Waals surface area contributed by atoms with Crippen molar-refractivity contribution < 1.29 is 9.53 Å². The Labute approximate surface area is 78.4 Å². The molecule has 2 heterocycles. The highest BCUT2D eigenvalue weighted by Crippen LogP contribution is 2.31. The first-order valence-electron chi connectivity index (χ1n) is 4.77. The van der Waals surface area contributed by atoms with Crippen LogP contribution in [0, 0.1) is 0 Å². The SMILES string of the molecule is COCC=C1C[C@@H]2CCC(=O)N2C1. The number of amides is 1. The van der Waals surface area contributed by atoms with Crippen LogP contribution >= 0.6 is 0 Å². The van der Waals surface area contributed by atoms with E-state index >= 15 is 0 Å². The summed E-state index contributed by atoms with van der Waals surface area (Å²) in [6, 6.07) is 0.496. The van der Waals surface area contributed by atoms with Crippen LogP contribution in [0.1, 0.15) is 19.3 Å². The topological polar surface area (TPSA) is 29.5 Å². The van der Waals surface area contributed by atoms with Gasteiger partial charge >= 0.3 is 0 Å². The number of nitrogens with zero attached hydrogens (tertiary/aromatic N) is 1. The zero-order chi connectivity index (χ0) is 9.26. The van der Waals surface area contributed by atoms with Crippen LogP contribution in [0.15, 0.2) is 11.6 Å². The molecule has 3 nitrogen and oxygen atoms in total. The molecule has 0 aliphatic carbocycles. The predicted molar refractivity (Wildman–Crippen MR) is 49.3 cm³/mol. The summed E-state index contributed by atoms with van der Waals surface area (Å²) in [4.78, 5) is 13.3. The van der Waals surface area contributed by atoms with Gasteiger partial charge in [-0.25, -0.2) is 0 Å². The van der Waals surface area contributed by atoms with Crippen LogP contribution in [-0.2, 0) is 9.53 Å². The van der Waals surface area contributed by atoms with Gasteiger partial charge in [-0.3, -0.25) is 4.79 Å². The molecule has 1 atom stereocenters. The van der Waals surface area contributed by atoms with Crippen molar-refractivity contribution >= 4 is 5.91 Å². The Hall–Kier alpha value is -0.830. The molecule has 0 radical (unpaired) electrons. The Kier molecular flexibility index (Phi) is 2.36. The lowest BCUT2D eigenvalue weighted by Crippen LogP contribution is -2.26. The zero-order valence-corrected chi connectivity index (χ0v) is 7.95. The molecular weight excluding hydrogens is 166 g/mol. The van der Waals surface area contributed by atoms with Crippen molar-refractivity contribution in [2.75, 3.05) is 20.3 Å². The van der Waals surface area contributed by atoms with Gasteiger partial charge < -0.3 is 9.64 Å². The number of fused-ring (bicyclic) bond motifs is 1. The van der Waals surface area contributed by atoms with Crippen LogP contribution in [0.4, 0.5) is 0 Å². The molecule has 2 fully saturated rings.